The Morgan fingerprint density at radius 3 is 2.44 bits per heavy atom. The first kappa shape index (κ1) is 19.1. The molecule has 0 radical (unpaired) electrons. The smallest absolute Gasteiger partial charge is 0.243 e. The Morgan fingerprint density at radius 2 is 1.74 bits per heavy atom. The maximum absolute atomic E-state index is 13.3. The first-order valence-electron chi connectivity index (χ1n) is 8.67. The molecule has 27 heavy (non-hydrogen) atoms. The number of ether oxygens (including phenoxy) is 1. The maximum atomic E-state index is 13.3. The van der Waals surface area contributed by atoms with Gasteiger partial charge >= 0.3 is 0 Å². The molecule has 6 heteroatoms. The molecule has 0 unspecified atom stereocenters. The van der Waals surface area contributed by atoms with E-state index in [2.05, 4.69) is 4.98 Å². The van der Waals surface area contributed by atoms with E-state index in [1.54, 1.807) is 30.5 Å². The Kier molecular flexibility index (Phi) is 6.21. The van der Waals surface area contributed by atoms with E-state index < -0.39 is 10.0 Å². The van der Waals surface area contributed by atoms with Crippen LogP contribution in [0.5, 0.6) is 5.75 Å². The number of pyridine rings is 1. The minimum Gasteiger partial charge on any atom is -0.497 e. The Labute approximate surface area is 160 Å². The van der Waals surface area contributed by atoms with E-state index in [1.165, 1.54) is 11.4 Å². The standard InChI is InChI=1S/C21H22N2O3S/c1-26-20-11-7-12-21(16-20)27(24,25)23(17-19-10-5-6-14-22-19)15-13-18-8-3-2-4-9-18/h2-12,14,16H,13,15,17H2,1H3. The Morgan fingerprint density at radius 1 is 0.963 bits per heavy atom. The van der Waals surface area contributed by atoms with Crippen molar-refractivity contribution in [2.75, 3.05) is 13.7 Å². The molecule has 0 atom stereocenters. The van der Waals surface area contributed by atoms with Crippen molar-refractivity contribution >= 4 is 10.0 Å². The molecule has 3 aromatic rings. The fraction of sp³-hybridized carbons (Fsp3) is 0.190. The van der Waals surface area contributed by atoms with Crippen molar-refractivity contribution in [2.24, 2.45) is 0 Å². The zero-order valence-corrected chi connectivity index (χ0v) is 16.0. The molecular weight excluding hydrogens is 360 g/mol. The third kappa shape index (κ3) is 4.93. The summed E-state index contributed by atoms with van der Waals surface area (Å²) in [6, 6.07) is 21.9. The number of hydrogen-bond donors (Lipinski definition) is 0. The highest BCUT2D eigenvalue weighted by atomic mass is 32.2. The van der Waals surface area contributed by atoms with Crippen molar-refractivity contribution in [3.63, 3.8) is 0 Å². The SMILES string of the molecule is COc1cccc(S(=O)(=O)N(CCc2ccccc2)Cc2ccccn2)c1. The molecule has 140 valence electrons. The number of aromatic nitrogens is 1. The lowest BCUT2D eigenvalue weighted by Crippen LogP contribution is -2.33. The summed E-state index contributed by atoms with van der Waals surface area (Å²) in [6.45, 7) is 0.577. The van der Waals surface area contributed by atoms with E-state index in [0.29, 0.717) is 24.4 Å². The van der Waals surface area contributed by atoms with E-state index in [1.807, 2.05) is 48.5 Å². The highest BCUT2D eigenvalue weighted by Gasteiger charge is 2.25. The topological polar surface area (TPSA) is 59.5 Å². The molecule has 0 N–H and O–H groups in total. The van der Waals surface area contributed by atoms with Gasteiger partial charge in [-0.1, -0.05) is 42.5 Å². The van der Waals surface area contributed by atoms with Crippen molar-refractivity contribution in [2.45, 2.75) is 17.9 Å². The summed E-state index contributed by atoms with van der Waals surface area (Å²) in [5.74, 6) is 0.511. The van der Waals surface area contributed by atoms with E-state index >= 15 is 0 Å². The summed E-state index contributed by atoms with van der Waals surface area (Å²) in [7, 11) is -2.17. The molecule has 0 aliphatic rings. The number of sulfonamides is 1. The van der Waals surface area contributed by atoms with Crippen LogP contribution in [0.4, 0.5) is 0 Å². The molecule has 0 spiro atoms. The Balaban J connectivity index is 1.89. The number of benzene rings is 2. The predicted molar refractivity (Wildman–Crippen MR) is 105 cm³/mol. The highest BCUT2D eigenvalue weighted by Crippen LogP contribution is 2.22. The van der Waals surface area contributed by atoms with Crippen LogP contribution in [-0.4, -0.2) is 31.4 Å². The molecule has 2 aromatic carbocycles. The Hall–Kier alpha value is -2.70. The molecule has 0 bridgehead atoms. The summed E-state index contributed by atoms with van der Waals surface area (Å²) in [6.07, 6.45) is 2.29. The van der Waals surface area contributed by atoms with Gasteiger partial charge in [0.15, 0.2) is 0 Å². The summed E-state index contributed by atoms with van der Waals surface area (Å²) >= 11 is 0. The highest BCUT2D eigenvalue weighted by molar-refractivity contribution is 7.89. The van der Waals surface area contributed by atoms with Crippen molar-refractivity contribution in [1.82, 2.24) is 9.29 Å². The maximum Gasteiger partial charge on any atom is 0.243 e. The third-order valence-electron chi connectivity index (χ3n) is 4.24. The number of rotatable bonds is 8. The minimum atomic E-state index is -3.69. The second kappa shape index (κ2) is 8.79. The molecule has 1 aromatic heterocycles. The van der Waals surface area contributed by atoms with Crippen LogP contribution >= 0.6 is 0 Å². The first-order chi connectivity index (χ1) is 13.1. The van der Waals surface area contributed by atoms with Crippen LogP contribution in [0, 0.1) is 0 Å². The molecule has 0 aliphatic heterocycles. The lowest BCUT2D eigenvalue weighted by Gasteiger charge is -2.22. The molecule has 3 rings (SSSR count). The Bertz CT molecular complexity index is 961. The largest absolute Gasteiger partial charge is 0.497 e. The molecule has 0 saturated carbocycles. The molecular formula is C21H22N2O3S. The van der Waals surface area contributed by atoms with Gasteiger partial charge in [-0.25, -0.2) is 8.42 Å². The van der Waals surface area contributed by atoms with Crippen LogP contribution in [0.25, 0.3) is 0 Å². The van der Waals surface area contributed by atoms with Crippen LogP contribution in [0.3, 0.4) is 0 Å². The monoisotopic (exact) mass is 382 g/mol. The van der Waals surface area contributed by atoms with E-state index in [9.17, 15) is 8.42 Å². The molecule has 0 aliphatic carbocycles. The van der Waals surface area contributed by atoms with Gasteiger partial charge in [-0.15, -0.1) is 0 Å². The van der Waals surface area contributed by atoms with Gasteiger partial charge in [-0.3, -0.25) is 4.98 Å². The first-order valence-corrected chi connectivity index (χ1v) is 10.1. The lowest BCUT2D eigenvalue weighted by atomic mass is 10.1. The molecule has 0 saturated heterocycles. The third-order valence-corrected chi connectivity index (χ3v) is 6.08. The van der Waals surface area contributed by atoms with Crippen LogP contribution < -0.4 is 4.74 Å². The molecule has 1 heterocycles. The van der Waals surface area contributed by atoms with E-state index in [4.69, 9.17) is 4.74 Å². The number of methoxy groups -OCH3 is 1. The van der Waals surface area contributed by atoms with Gasteiger partial charge in [0, 0.05) is 18.8 Å². The zero-order chi connectivity index (χ0) is 19.1. The van der Waals surface area contributed by atoms with Crippen LogP contribution in [0.2, 0.25) is 0 Å². The summed E-state index contributed by atoms with van der Waals surface area (Å²) in [5, 5.41) is 0. The number of nitrogens with zero attached hydrogens (tertiary/aromatic N) is 2. The van der Waals surface area contributed by atoms with Crippen molar-refractivity contribution in [3.8, 4) is 5.75 Å². The molecule has 5 nitrogen and oxygen atoms in total. The summed E-state index contributed by atoms with van der Waals surface area (Å²) < 4.78 is 33.2. The van der Waals surface area contributed by atoms with Crippen LogP contribution in [0.15, 0.2) is 83.9 Å². The molecule has 0 amide bonds. The predicted octanol–water partition coefficient (Wildman–Crippen LogP) is 3.52. The van der Waals surface area contributed by atoms with Crippen molar-refractivity contribution in [1.29, 1.82) is 0 Å². The van der Waals surface area contributed by atoms with Gasteiger partial charge in [0.05, 0.1) is 24.2 Å². The summed E-state index contributed by atoms with van der Waals surface area (Å²) in [4.78, 5) is 4.50. The number of hydrogen-bond acceptors (Lipinski definition) is 4. The van der Waals surface area contributed by atoms with Crippen molar-refractivity contribution in [3.05, 3.63) is 90.3 Å². The fourth-order valence-corrected chi connectivity index (χ4v) is 4.21. The van der Waals surface area contributed by atoms with Crippen LogP contribution in [-0.2, 0) is 23.0 Å². The second-order valence-electron chi connectivity index (χ2n) is 6.07. The lowest BCUT2D eigenvalue weighted by molar-refractivity contribution is 0.401. The molecule has 0 fully saturated rings. The fourth-order valence-electron chi connectivity index (χ4n) is 2.77. The van der Waals surface area contributed by atoms with Gasteiger partial charge < -0.3 is 4.74 Å². The van der Waals surface area contributed by atoms with Crippen molar-refractivity contribution < 1.29 is 13.2 Å². The van der Waals surface area contributed by atoms with Crippen LogP contribution in [0.1, 0.15) is 11.3 Å². The average Bonchev–Trinajstić information content (AvgIpc) is 2.72. The van der Waals surface area contributed by atoms with Gasteiger partial charge in [0.2, 0.25) is 10.0 Å². The quantitative estimate of drug-likeness (QED) is 0.598. The second-order valence-corrected chi connectivity index (χ2v) is 8.01. The zero-order valence-electron chi connectivity index (χ0n) is 15.2. The normalized spacial score (nSPS) is 11.5. The van der Waals surface area contributed by atoms with Gasteiger partial charge in [0.1, 0.15) is 5.75 Å². The van der Waals surface area contributed by atoms with Gasteiger partial charge in [-0.2, -0.15) is 4.31 Å². The van der Waals surface area contributed by atoms with Gasteiger partial charge in [-0.05, 0) is 36.2 Å². The van der Waals surface area contributed by atoms with Gasteiger partial charge in [0.25, 0.3) is 0 Å². The van der Waals surface area contributed by atoms with E-state index in [0.717, 1.165) is 5.56 Å². The average molecular weight is 382 g/mol. The minimum absolute atomic E-state index is 0.214. The summed E-state index contributed by atoms with van der Waals surface area (Å²) in [5.41, 5.74) is 1.79. The van der Waals surface area contributed by atoms with E-state index in [-0.39, 0.29) is 11.4 Å².